The molecule has 0 saturated carbocycles. The van der Waals surface area contributed by atoms with Crippen molar-refractivity contribution in [3.63, 3.8) is 0 Å². The van der Waals surface area contributed by atoms with Gasteiger partial charge in [-0.1, -0.05) is 12.1 Å². The molecule has 1 aliphatic heterocycles. The molecule has 2 N–H and O–H groups in total. The van der Waals surface area contributed by atoms with Gasteiger partial charge < -0.3 is 20.3 Å². The van der Waals surface area contributed by atoms with Crippen molar-refractivity contribution in [1.29, 1.82) is 0 Å². The molecule has 4 heteroatoms. The Hall–Kier alpha value is -1.10. The molecule has 0 spiro atoms. The van der Waals surface area contributed by atoms with Crippen LogP contribution in [0.15, 0.2) is 24.3 Å². The highest BCUT2D eigenvalue weighted by molar-refractivity contribution is 5.26. The molecule has 21 heavy (non-hydrogen) atoms. The Kier molecular flexibility index (Phi) is 6.49. The van der Waals surface area contributed by atoms with E-state index in [0.717, 1.165) is 36.8 Å². The Morgan fingerprint density at radius 2 is 2.10 bits per heavy atom. The predicted molar refractivity (Wildman–Crippen MR) is 87.5 cm³/mol. The first kappa shape index (κ1) is 16.3. The van der Waals surface area contributed by atoms with Crippen molar-refractivity contribution in [1.82, 2.24) is 9.80 Å². The van der Waals surface area contributed by atoms with Gasteiger partial charge in [-0.05, 0) is 57.1 Å². The summed E-state index contributed by atoms with van der Waals surface area (Å²) in [5.41, 5.74) is 6.72. The third kappa shape index (κ3) is 5.65. The monoisotopic (exact) mass is 291 g/mol. The average molecular weight is 291 g/mol. The van der Waals surface area contributed by atoms with E-state index in [1.54, 1.807) is 0 Å². The van der Waals surface area contributed by atoms with Gasteiger partial charge in [-0.3, -0.25) is 0 Å². The zero-order chi connectivity index (χ0) is 15.1. The summed E-state index contributed by atoms with van der Waals surface area (Å²) in [5, 5.41) is 0. The van der Waals surface area contributed by atoms with Crippen LogP contribution in [0, 0.1) is 5.92 Å². The van der Waals surface area contributed by atoms with Gasteiger partial charge in [0.15, 0.2) is 0 Å². The van der Waals surface area contributed by atoms with Crippen LogP contribution < -0.4 is 10.5 Å². The van der Waals surface area contributed by atoms with Gasteiger partial charge in [0.1, 0.15) is 5.75 Å². The highest BCUT2D eigenvalue weighted by Crippen LogP contribution is 2.15. The van der Waals surface area contributed by atoms with Gasteiger partial charge in [0.05, 0.1) is 6.61 Å². The average Bonchev–Trinajstić information content (AvgIpc) is 2.89. The van der Waals surface area contributed by atoms with Crippen molar-refractivity contribution >= 4 is 0 Å². The van der Waals surface area contributed by atoms with E-state index >= 15 is 0 Å². The standard InChI is InChI=1S/C17H29N3O/c1-19(13-16-8-10-20(2)14-16)9-3-11-21-17-6-4-15(12-18)5-7-17/h4-7,16H,3,8-14,18H2,1-2H3. The summed E-state index contributed by atoms with van der Waals surface area (Å²) >= 11 is 0. The highest BCUT2D eigenvalue weighted by atomic mass is 16.5. The fraction of sp³-hybridized carbons (Fsp3) is 0.647. The van der Waals surface area contributed by atoms with E-state index < -0.39 is 0 Å². The minimum absolute atomic E-state index is 0.585. The lowest BCUT2D eigenvalue weighted by atomic mass is 10.1. The van der Waals surface area contributed by atoms with Gasteiger partial charge >= 0.3 is 0 Å². The van der Waals surface area contributed by atoms with E-state index in [1.807, 2.05) is 24.3 Å². The smallest absolute Gasteiger partial charge is 0.119 e. The Morgan fingerprint density at radius 3 is 2.71 bits per heavy atom. The van der Waals surface area contributed by atoms with Gasteiger partial charge in [-0.25, -0.2) is 0 Å². The molecule has 0 amide bonds. The van der Waals surface area contributed by atoms with Crippen LogP contribution in [0.5, 0.6) is 5.75 Å². The number of nitrogens with two attached hydrogens (primary N) is 1. The molecule has 0 aliphatic carbocycles. The minimum atomic E-state index is 0.585. The maximum absolute atomic E-state index is 5.77. The third-order valence-electron chi connectivity index (χ3n) is 4.17. The SMILES string of the molecule is CN(CCCOc1ccc(CN)cc1)CC1CCN(C)C1. The van der Waals surface area contributed by atoms with E-state index in [1.165, 1.54) is 26.1 Å². The van der Waals surface area contributed by atoms with Crippen molar-refractivity contribution in [2.24, 2.45) is 11.7 Å². The second-order valence-electron chi connectivity index (χ2n) is 6.23. The zero-order valence-corrected chi connectivity index (χ0v) is 13.4. The van der Waals surface area contributed by atoms with Gasteiger partial charge in [0.2, 0.25) is 0 Å². The molecule has 1 aromatic carbocycles. The lowest BCUT2D eigenvalue weighted by Crippen LogP contribution is -2.29. The Morgan fingerprint density at radius 1 is 1.33 bits per heavy atom. The van der Waals surface area contributed by atoms with Crippen molar-refractivity contribution in [2.75, 3.05) is 46.9 Å². The summed E-state index contributed by atoms with van der Waals surface area (Å²) < 4.78 is 5.77. The molecule has 0 bridgehead atoms. The van der Waals surface area contributed by atoms with E-state index in [2.05, 4.69) is 23.9 Å². The maximum Gasteiger partial charge on any atom is 0.119 e. The van der Waals surface area contributed by atoms with Crippen LogP contribution in [0.1, 0.15) is 18.4 Å². The summed E-state index contributed by atoms with van der Waals surface area (Å²) in [4.78, 5) is 4.86. The van der Waals surface area contributed by atoms with Crippen LogP contribution in [-0.2, 0) is 6.54 Å². The lowest BCUT2D eigenvalue weighted by Gasteiger charge is -2.20. The Balaban J connectivity index is 1.58. The fourth-order valence-corrected chi connectivity index (χ4v) is 2.95. The van der Waals surface area contributed by atoms with Gasteiger partial charge in [-0.2, -0.15) is 0 Å². The van der Waals surface area contributed by atoms with Gasteiger partial charge in [0, 0.05) is 26.2 Å². The molecule has 0 radical (unpaired) electrons. The van der Waals surface area contributed by atoms with Crippen LogP contribution in [0.4, 0.5) is 0 Å². The lowest BCUT2D eigenvalue weighted by molar-refractivity contribution is 0.238. The Bertz CT molecular complexity index is 407. The normalized spacial score (nSPS) is 19.3. The molecule has 1 saturated heterocycles. The molecule has 1 aliphatic rings. The largest absolute Gasteiger partial charge is 0.494 e. The van der Waals surface area contributed by atoms with Crippen LogP contribution >= 0.6 is 0 Å². The molecule has 1 unspecified atom stereocenters. The number of benzene rings is 1. The first-order chi connectivity index (χ1) is 10.2. The molecule has 0 aromatic heterocycles. The maximum atomic E-state index is 5.77. The quantitative estimate of drug-likeness (QED) is 0.742. The van der Waals surface area contributed by atoms with Crippen molar-refractivity contribution < 1.29 is 4.74 Å². The summed E-state index contributed by atoms with van der Waals surface area (Å²) in [5.74, 6) is 1.77. The second kappa shape index (κ2) is 8.37. The number of nitrogens with zero attached hydrogens (tertiary/aromatic N) is 2. The first-order valence-corrected chi connectivity index (χ1v) is 7.96. The van der Waals surface area contributed by atoms with Crippen LogP contribution in [0.25, 0.3) is 0 Å². The number of likely N-dealkylation sites (tertiary alicyclic amines) is 1. The molecule has 1 atom stereocenters. The predicted octanol–water partition coefficient (Wildman–Crippen LogP) is 1.80. The molecule has 2 rings (SSSR count). The molecule has 1 fully saturated rings. The van der Waals surface area contributed by atoms with Crippen LogP contribution in [-0.4, -0.2) is 56.7 Å². The number of hydrogen-bond donors (Lipinski definition) is 1. The number of hydrogen-bond acceptors (Lipinski definition) is 4. The summed E-state index contributed by atoms with van der Waals surface area (Å²) in [6, 6.07) is 8.05. The summed E-state index contributed by atoms with van der Waals surface area (Å²) in [6.45, 7) is 6.16. The zero-order valence-electron chi connectivity index (χ0n) is 13.4. The minimum Gasteiger partial charge on any atom is -0.494 e. The molecular formula is C17H29N3O. The van der Waals surface area contributed by atoms with Crippen LogP contribution in [0.3, 0.4) is 0 Å². The molecule has 1 aromatic rings. The fourth-order valence-electron chi connectivity index (χ4n) is 2.95. The Labute approximate surface area is 128 Å². The second-order valence-corrected chi connectivity index (χ2v) is 6.23. The molecular weight excluding hydrogens is 262 g/mol. The highest BCUT2D eigenvalue weighted by Gasteiger charge is 2.20. The van der Waals surface area contributed by atoms with Gasteiger partial charge in [0.25, 0.3) is 0 Å². The summed E-state index contributed by atoms with van der Waals surface area (Å²) in [7, 11) is 4.43. The van der Waals surface area contributed by atoms with Crippen molar-refractivity contribution in [2.45, 2.75) is 19.4 Å². The first-order valence-electron chi connectivity index (χ1n) is 7.96. The number of rotatable bonds is 8. The summed E-state index contributed by atoms with van der Waals surface area (Å²) in [6.07, 6.45) is 2.41. The number of ether oxygens (including phenoxy) is 1. The molecule has 1 heterocycles. The molecule has 118 valence electrons. The van der Waals surface area contributed by atoms with Gasteiger partial charge in [-0.15, -0.1) is 0 Å². The third-order valence-corrected chi connectivity index (χ3v) is 4.17. The van der Waals surface area contributed by atoms with E-state index in [0.29, 0.717) is 6.54 Å². The van der Waals surface area contributed by atoms with E-state index in [-0.39, 0.29) is 0 Å². The molecule has 4 nitrogen and oxygen atoms in total. The van der Waals surface area contributed by atoms with E-state index in [9.17, 15) is 0 Å². The van der Waals surface area contributed by atoms with Crippen molar-refractivity contribution in [3.8, 4) is 5.75 Å². The van der Waals surface area contributed by atoms with Crippen LogP contribution in [0.2, 0.25) is 0 Å². The van der Waals surface area contributed by atoms with Crippen molar-refractivity contribution in [3.05, 3.63) is 29.8 Å². The van der Waals surface area contributed by atoms with E-state index in [4.69, 9.17) is 10.5 Å². The topological polar surface area (TPSA) is 41.7 Å².